The topological polar surface area (TPSA) is 63.0 Å². The predicted octanol–water partition coefficient (Wildman–Crippen LogP) is 5.65. The Kier molecular flexibility index (Phi) is 5.73. The van der Waals surface area contributed by atoms with Gasteiger partial charge in [-0.15, -0.1) is 0 Å². The maximum Gasteiger partial charge on any atom is 0.133 e. The fourth-order valence-corrected chi connectivity index (χ4v) is 3.52. The molecule has 3 aromatic carbocycles. The first-order chi connectivity index (χ1) is 14.2. The molecule has 1 unspecified atom stereocenters. The number of aromatic nitrogens is 1. The van der Waals surface area contributed by atoms with Gasteiger partial charge in [0.15, 0.2) is 0 Å². The van der Waals surface area contributed by atoms with E-state index in [0.29, 0.717) is 0 Å². The van der Waals surface area contributed by atoms with Gasteiger partial charge < -0.3 is 16.4 Å². The monoisotopic (exact) mass is 382 g/mol. The highest BCUT2D eigenvalue weighted by Gasteiger charge is 2.08. The molecule has 0 radical (unpaired) electrons. The Bertz CT molecular complexity index is 1070. The number of rotatable bonds is 7. The molecule has 1 aromatic heterocycles. The number of benzene rings is 3. The molecule has 4 nitrogen and oxygen atoms in total. The molecule has 0 fully saturated rings. The van der Waals surface area contributed by atoms with Gasteiger partial charge in [-0.05, 0) is 42.7 Å². The van der Waals surface area contributed by atoms with Crippen LogP contribution in [0.2, 0.25) is 0 Å². The van der Waals surface area contributed by atoms with Gasteiger partial charge in [0, 0.05) is 35.4 Å². The second-order valence-electron chi connectivity index (χ2n) is 7.15. The fourth-order valence-electron chi connectivity index (χ4n) is 3.52. The van der Waals surface area contributed by atoms with Crippen LogP contribution >= 0.6 is 0 Å². The molecule has 0 spiro atoms. The Morgan fingerprint density at radius 1 is 0.897 bits per heavy atom. The molecule has 1 heterocycles. The zero-order valence-electron chi connectivity index (χ0n) is 16.6. The van der Waals surface area contributed by atoms with E-state index in [1.165, 1.54) is 5.56 Å². The highest BCUT2D eigenvalue weighted by molar-refractivity contribution is 5.93. The van der Waals surface area contributed by atoms with Crippen LogP contribution in [-0.2, 0) is 6.42 Å². The van der Waals surface area contributed by atoms with Crippen molar-refractivity contribution in [3.63, 3.8) is 0 Å². The summed E-state index contributed by atoms with van der Waals surface area (Å²) in [5.41, 5.74) is 11.8. The average Bonchev–Trinajstić information content (AvgIpc) is 2.75. The van der Waals surface area contributed by atoms with Gasteiger partial charge in [-0.25, -0.2) is 4.98 Å². The summed E-state index contributed by atoms with van der Waals surface area (Å²) in [6, 6.07) is 28.8. The third-order valence-corrected chi connectivity index (χ3v) is 4.99. The summed E-state index contributed by atoms with van der Waals surface area (Å²) in [6.07, 6.45) is 0.825. The number of hydrogen-bond acceptors (Lipinski definition) is 4. The number of hydrogen-bond donors (Lipinski definition) is 3. The second-order valence-corrected chi connectivity index (χ2v) is 7.15. The SMILES string of the molecule is CCNc1cc(Nc2ccc(C(N)Cc3ccccc3)cc2)nc2ccccc12. The smallest absolute Gasteiger partial charge is 0.133 e. The molecule has 4 rings (SSSR count). The maximum absolute atomic E-state index is 6.40. The van der Waals surface area contributed by atoms with Crippen molar-refractivity contribution in [1.82, 2.24) is 4.98 Å². The lowest BCUT2D eigenvalue weighted by atomic mass is 9.99. The number of para-hydroxylation sites is 1. The number of nitrogens with zero attached hydrogens (tertiary/aromatic N) is 1. The average molecular weight is 383 g/mol. The number of nitrogens with two attached hydrogens (primary N) is 1. The third-order valence-electron chi connectivity index (χ3n) is 4.99. The Labute approximate surface area is 171 Å². The van der Waals surface area contributed by atoms with Crippen LogP contribution in [0.4, 0.5) is 17.2 Å². The largest absolute Gasteiger partial charge is 0.385 e. The zero-order chi connectivity index (χ0) is 20.1. The molecule has 146 valence electrons. The first-order valence-electron chi connectivity index (χ1n) is 10.0. The van der Waals surface area contributed by atoms with E-state index >= 15 is 0 Å². The summed E-state index contributed by atoms with van der Waals surface area (Å²) in [6.45, 7) is 2.96. The molecule has 0 amide bonds. The summed E-state index contributed by atoms with van der Waals surface area (Å²) in [7, 11) is 0. The zero-order valence-corrected chi connectivity index (χ0v) is 16.6. The van der Waals surface area contributed by atoms with Gasteiger partial charge in [0.05, 0.1) is 5.52 Å². The van der Waals surface area contributed by atoms with Crippen molar-refractivity contribution in [2.24, 2.45) is 5.73 Å². The summed E-state index contributed by atoms with van der Waals surface area (Å²) >= 11 is 0. The fraction of sp³-hybridized carbons (Fsp3) is 0.160. The molecular formula is C25H26N4. The van der Waals surface area contributed by atoms with Crippen LogP contribution in [-0.4, -0.2) is 11.5 Å². The lowest BCUT2D eigenvalue weighted by molar-refractivity contribution is 0.722. The molecule has 0 saturated heterocycles. The molecule has 29 heavy (non-hydrogen) atoms. The van der Waals surface area contributed by atoms with Crippen molar-refractivity contribution in [2.75, 3.05) is 17.2 Å². The lowest BCUT2D eigenvalue weighted by Gasteiger charge is -2.14. The first-order valence-corrected chi connectivity index (χ1v) is 10.0. The van der Waals surface area contributed by atoms with E-state index in [0.717, 1.165) is 46.6 Å². The molecule has 0 aliphatic rings. The second kappa shape index (κ2) is 8.76. The van der Waals surface area contributed by atoms with Crippen LogP contribution in [0.15, 0.2) is 84.9 Å². The molecule has 0 aliphatic heterocycles. The Balaban J connectivity index is 1.51. The minimum Gasteiger partial charge on any atom is -0.385 e. The normalized spacial score (nSPS) is 11.9. The Hall–Kier alpha value is -3.37. The van der Waals surface area contributed by atoms with Gasteiger partial charge in [-0.3, -0.25) is 0 Å². The number of fused-ring (bicyclic) bond motifs is 1. The standard InChI is InChI=1S/C25H26N4/c1-2-27-24-17-25(29-23-11-7-6-10-21(23)24)28-20-14-12-19(13-15-20)22(26)16-18-8-4-3-5-9-18/h3-15,17,22H,2,16,26H2,1H3,(H2,27,28,29). The van der Waals surface area contributed by atoms with Crippen LogP contribution < -0.4 is 16.4 Å². The van der Waals surface area contributed by atoms with Crippen LogP contribution in [0.1, 0.15) is 24.1 Å². The van der Waals surface area contributed by atoms with E-state index < -0.39 is 0 Å². The lowest BCUT2D eigenvalue weighted by Crippen LogP contribution is -2.13. The quantitative estimate of drug-likeness (QED) is 0.386. The highest BCUT2D eigenvalue weighted by atomic mass is 15.0. The van der Waals surface area contributed by atoms with E-state index in [2.05, 4.69) is 66.1 Å². The Morgan fingerprint density at radius 3 is 2.38 bits per heavy atom. The van der Waals surface area contributed by atoms with Gasteiger partial charge in [0.25, 0.3) is 0 Å². The van der Waals surface area contributed by atoms with Gasteiger partial charge in [0.1, 0.15) is 5.82 Å². The molecular weight excluding hydrogens is 356 g/mol. The number of anilines is 3. The minimum atomic E-state index is -0.0226. The highest BCUT2D eigenvalue weighted by Crippen LogP contribution is 2.27. The Morgan fingerprint density at radius 2 is 1.62 bits per heavy atom. The predicted molar refractivity (Wildman–Crippen MR) is 123 cm³/mol. The summed E-state index contributed by atoms with van der Waals surface area (Å²) in [4.78, 5) is 4.75. The molecule has 0 aliphatic carbocycles. The van der Waals surface area contributed by atoms with E-state index in [1.807, 2.05) is 36.4 Å². The molecule has 4 N–H and O–H groups in total. The van der Waals surface area contributed by atoms with Crippen molar-refractivity contribution in [3.8, 4) is 0 Å². The van der Waals surface area contributed by atoms with Crippen molar-refractivity contribution in [3.05, 3.63) is 96.1 Å². The summed E-state index contributed by atoms with van der Waals surface area (Å²) < 4.78 is 0. The van der Waals surface area contributed by atoms with Crippen molar-refractivity contribution < 1.29 is 0 Å². The number of pyridine rings is 1. The first kappa shape index (κ1) is 19.0. The van der Waals surface area contributed by atoms with Crippen LogP contribution in [0, 0.1) is 0 Å². The van der Waals surface area contributed by atoms with E-state index in [1.54, 1.807) is 0 Å². The van der Waals surface area contributed by atoms with Gasteiger partial charge in [-0.2, -0.15) is 0 Å². The van der Waals surface area contributed by atoms with Crippen molar-refractivity contribution in [2.45, 2.75) is 19.4 Å². The van der Waals surface area contributed by atoms with Crippen molar-refractivity contribution >= 4 is 28.1 Å². The van der Waals surface area contributed by atoms with Gasteiger partial charge in [0.2, 0.25) is 0 Å². The molecule has 1 atom stereocenters. The van der Waals surface area contributed by atoms with Crippen LogP contribution in [0.3, 0.4) is 0 Å². The van der Waals surface area contributed by atoms with E-state index in [4.69, 9.17) is 10.7 Å². The summed E-state index contributed by atoms with van der Waals surface area (Å²) in [5, 5.41) is 7.97. The molecule has 4 aromatic rings. The third kappa shape index (κ3) is 4.55. The van der Waals surface area contributed by atoms with E-state index in [-0.39, 0.29) is 6.04 Å². The van der Waals surface area contributed by atoms with Gasteiger partial charge >= 0.3 is 0 Å². The maximum atomic E-state index is 6.40. The molecule has 0 saturated carbocycles. The van der Waals surface area contributed by atoms with Crippen LogP contribution in [0.5, 0.6) is 0 Å². The van der Waals surface area contributed by atoms with Crippen LogP contribution in [0.25, 0.3) is 10.9 Å². The molecule has 0 bridgehead atoms. The molecule has 4 heteroatoms. The summed E-state index contributed by atoms with van der Waals surface area (Å²) in [5.74, 6) is 0.820. The van der Waals surface area contributed by atoms with E-state index in [9.17, 15) is 0 Å². The number of nitrogens with one attached hydrogen (secondary N) is 2. The minimum absolute atomic E-state index is 0.0226. The van der Waals surface area contributed by atoms with Gasteiger partial charge in [-0.1, -0.05) is 60.7 Å². The van der Waals surface area contributed by atoms with Crippen molar-refractivity contribution in [1.29, 1.82) is 0 Å².